The van der Waals surface area contributed by atoms with Crippen LogP contribution >= 0.6 is 0 Å². The third-order valence-corrected chi connectivity index (χ3v) is 3.78. The molecule has 1 aliphatic heterocycles. The average Bonchev–Trinajstić information content (AvgIpc) is 2.40. The van der Waals surface area contributed by atoms with Crippen LogP contribution < -0.4 is 10.6 Å². The molecule has 0 aliphatic carbocycles. The van der Waals surface area contributed by atoms with Crippen LogP contribution in [0.4, 0.5) is 0 Å². The van der Waals surface area contributed by atoms with Gasteiger partial charge in [0.1, 0.15) is 0 Å². The molecule has 1 aromatic rings. The van der Waals surface area contributed by atoms with Crippen molar-refractivity contribution in [1.29, 1.82) is 0 Å². The van der Waals surface area contributed by atoms with Crippen LogP contribution in [0.15, 0.2) is 30.3 Å². The Morgan fingerprint density at radius 3 is 2.53 bits per heavy atom. The summed E-state index contributed by atoms with van der Waals surface area (Å²) in [6.07, 6.45) is 2.85. The van der Waals surface area contributed by atoms with Gasteiger partial charge in [0.25, 0.3) is 0 Å². The fourth-order valence-electron chi connectivity index (χ4n) is 2.53. The fraction of sp³-hybridized carbons (Fsp3) is 0.562. The first kappa shape index (κ1) is 14.1. The quantitative estimate of drug-likeness (QED) is 0.870. The zero-order valence-corrected chi connectivity index (χ0v) is 11.9. The maximum atomic E-state index is 12.4. The zero-order chi connectivity index (χ0) is 13.7. The van der Waals surface area contributed by atoms with Crippen molar-refractivity contribution in [3.63, 3.8) is 0 Å². The summed E-state index contributed by atoms with van der Waals surface area (Å²) in [6.45, 7) is 6.06. The number of piperidine rings is 1. The molecule has 3 nitrogen and oxygen atoms in total. The lowest BCUT2D eigenvalue weighted by molar-refractivity contribution is -0.130. The third kappa shape index (κ3) is 4.06. The van der Waals surface area contributed by atoms with Gasteiger partial charge in [-0.25, -0.2) is 0 Å². The van der Waals surface area contributed by atoms with Crippen LogP contribution in [0.2, 0.25) is 0 Å². The lowest BCUT2D eigenvalue weighted by Crippen LogP contribution is -2.47. The number of hydrogen-bond donors (Lipinski definition) is 2. The Hall–Kier alpha value is -1.35. The van der Waals surface area contributed by atoms with Gasteiger partial charge in [0.05, 0.1) is 0 Å². The van der Waals surface area contributed by atoms with Gasteiger partial charge >= 0.3 is 0 Å². The Morgan fingerprint density at radius 2 is 1.89 bits per heavy atom. The molecule has 3 heteroatoms. The minimum absolute atomic E-state index is 0.170. The molecule has 19 heavy (non-hydrogen) atoms. The third-order valence-electron chi connectivity index (χ3n) is 3.78. The Balaban J connectivity index is 1.92. The average molecular weight is 260 g/mol. The number of nitrogens with one attached hydrogen (secondary N) is 2. The molecule has 1 heterocycles. The van der Waals surface area contributed by atoms with Crippen LogP contribution in [-0.2, 0) is 11.2 Å². The van der Waals surface area contributed by atoms with Crippen molar-refractivity contribution in [2.75, 3.05) is 13.1 Å². The smallest absolute Gasteiger partial charge is 0.226 e. The number of hydrogen-bond acceptors (Lipinski definition) is 2. The highest BCUT2D eigenvalue weighted by Gasteiger charge is 2.29. The van der Waals surface area contributed by atoms with E-state index in [1.807, 2.05) is 32.0 Å². The molecule has 0 radical (unpaired) electrons. The minimum Gasteiger partial charge on any atom is -0.353 e. The molecule has 2 rings (SSSR count). The molecule has 0 bridgehead atoms. The van der Waals surface area contributed by atoms with Gasteiger partial charge in [-0.2, -0.15) is 0 Å². The Labute approximate surface area is 115 Å². The van der Waals surface area contributed by atoms with Gasteiger partial charge in [-0.3, -0.25) is 4.79 Å². The summed E-state index contributed by atoms with van der Waals surface area (Å²) in [5, 5.41) is 6.52. The Kier molecular flexibility index (Phi) is 4.59. The van der Waals surface area contributed by atoms with Crippen molar-refractivity contribution in [1.82, 2.24) is 10.6 Å². The number of benzene rings is 1. The molecule has 0 aromatic heterocycles. The van der Waals surface area contributed by atoms with Gasteiger partial charge in [-0.05, 0) is 37.9 Å². The second-order valence-electron chi connectivity index (χ2n) is 6.04. The molecule has 1 aromatic carbocycles. The van der Waals surface area contributed by atoms with E-state index in [0.717, 1.165) is 32.4 Å². The van der Waals surface area contributed by atoms with Crippen molar-refractivity contribution >= 4 is 5.91 Å². The van der Waals surface area contributed by atoms with Crippen LogP contribution in [0.1, 0.15) is 32.3 Å². The Bertz CT molecular complexity index is 408. The molecule has 0 saturated carbocycles. The molecule has 1 amide bonds. The topological polar surface area (TPSA) is 41.1 Å². The van der Waals surface area contributed by atoms with Crippen LogP contribution in [0, 0.1) is 5.41 Å². The van der Waals surface area contributed by atoms with Gasteiger partial charge in [0.2, 0.25) is 5.91 Å². The summed E-state index contributed by atoms with van der Waals surface area (Å²) in [5.41, 5.74) is 0.861. The van der Waals surface area contributed by atoms with Gasteiger partial charge in [0.15, 0.2) is 0 Å². The highest BCUT2D eigenvalue weighted by atomic mass is 16.2. The second kappa shape index (κ2) is 6.20. The summed E-state index contributed by atoms with van der Waals surface area (Å²) < 4.78 is 0. The van der Waals surface area contributed by atoms with Gasteiger partial charge in [-0.15, -0.1) is 0 Å². The maximum absolute atomic E-state index is 12.4. The Morgan fingerprint density at radius 1 is 1.26 bits per heavy atom. The maximum Gasteiger partial charge on any atom is 0.226 e. The molecular weight excluding hydrogens is 236 g/mol. The normalized spacial score (nSPS) is 17.2. The van der Waals surface area contributed by atoms with E-state index in [1.165, 1.54) is 5.56 Å². The SMILES string of the molecule is CC(C)(Cc1ccccc1)C(=O)NC1CCNCC1. The summed E-state index contributed by atoms with van der Waals surface area (Å²) >= 11 is 0. The summed E-state index contributed by atoms with van der Waals surface area (Å²) in [7, 11) is 0. The van der Waals surface area contributed by atoms with E-state index in [4.69, 9.17) is 0 Å². The van der Waals surface area contributed by atoms with E-state index >= 15 is 0 Å². The predicted octanol–water partition coefficient (Wildman–Crippen LogP) is 2.12. The highest BCUT2D eigenvalue weighted by Crippen LogP contribution is 2.22. The number of rotatable bonds is 4. The summed E-state index contributed by atoms with van der Waals surface area (Å²) in [5.74, 6) is 0.170. The van der Waals surface area contributed by atoms with Crippen LogP contribution in [0.3, 0.4) is 0 Å². The van der Waals surface area contributed by atoms with Gasteiger partial charge in [-0.1, -0.05) is 44.2 Å². The van der Waals surface area contributed by atoms with Crippen molar-refractivity contribution in [3.05, 3.63) is 35.9 Å². The lowest BCUT2D eigenvalue weighted by Gasteiger charge is -2.29. The number of amides is 1. The fourth-order valence-corrected chi connectivity index (χ4v) is 2.53. The van der Waals surface area contributed by atoms with Crippen LogP contribution in [0.25, 0.3) is 0 Å². The number of carbonyl (C=O) groups is 1. The largest absolute Gasteiger partial charge is 0.353 e. The monoisotopic (exact) mass is 260 g/mol. The molecule has 2 N–H and O–H groups in total. The molecular formula is C16H24N2O. The molecule has 1 fully saturated rings. The highest BCUT2D eigenvalue weighted by molar-refractivity contribution is 5.82. The lowest BCUT2D eigenvalue weighted by atomic mass is 9.84. The van der Waals surface area contributed by atoms with Gasteiger partial charge in [0, 0.05) is 11.5 Å². The van der Waals surface area contributed by atoms with Crippen molar-refractivity contribution in [2.45, 2.75) is 39.2 Å². The van der Waals surface area contributed by atoms with E-state index < -0.39 is 0 Å². The molecule has 1 saturated heterocycles. The second-order valence-corrected chi connectivity index (χ2v) is 6.04. The van der Waals surface area contributed by atoms with E-state index in [1.54, 1.807) is 0 Å². The first-order valence-electron chi connectivity index (χ1n) is 7.13. The predicted molar refractivity (Wildman–Crippen MR) is 78.0 cm³/mol. The van der Waals surface area contributed by atoms with E-state index in [2.05, 4.69) is 22.8 Å². The molecule has 0 atom stereocenters. The summed E-state index contributed by atoms with van der Waals surface area (Å²) in [4.78, 5) is 12.4. The zero-order valence-electron chi connectivity index (χ0n) is 11.9. The molecule has 104 valence electrons. The van der Waals surface area contributed by atoms with E-state index in [-0.39, 0.29) is 11.3 Å². The van der Waals surface area contributed by atoms with Crippen molar-refractivity contribution < 1.29 is 4.79 Å². The minimum atomic E-state index is -0.355. The van der Waals surface area contributed by atoms with E-state index in [9.17, 15) is 4.79 Å². The summed E-state index contributed by atoms with van der Waals surface area (Å²) in [6, 6.07) is 10.6. The van der Waals surface area contributed by atoms with Crippen LogP contribution in [-0.4, -0.2) is 25.0 Å². The van der Waals surface area contributed by atoms with E-state index in [0.29, 0.717) is 6.04 Å². The first-order valence-corrected chi connectivity index (χ1v) is 7.13. The molecule has 0 unspecified atom stereocenters. The number of carbonyl (C=O) groups excluding carboxylic acids is 1. The first-order chi connectivity index (χ1) is 9.08. The molecule has 0 spiro atoms. The van der Waals surface area contributed by atoms with Crippen molar-refractivity contribution in [2.24, 2.45) is 5.41 Å². The van der Waals surface area contributed by atoms with Crippen molar-refractivity contribution in [3.8, 4) is 0 Å². The standard InChI is InChI=1S/C16H24N2O/c1-16(2,12-13-6-4-3-5-7-13)15(19)18-14-8-10-17-11-9-14/h3-7,14,17H,8-12H2,1-2H3,(H,18,19). The molecule has 1 aliphatic rings. The van der Waals surface area contributed by atoms with Crippen LogP contribution in [0.5, 0.6) is 0 Å². The van der Waals surface area contributed by atoms with Gasteiger partial charge < -0.3 is 10.6 Å².